The first kappa shape index (κ1) is 24.4. The number of aryl methyl sites for hydroxylation is 2. The molecule has 0 radical (unpaired) electrons. The second-order valence-corrected chi connectivity index (χ2v) is 9.93. The Labute approximate surface area is 216 Å². The van der Waals surface area contributed by atoms with Gasteiger partial charge < -0.3 is 14.8 Å². The van der Waals surface area contributed by atoms with Crippen LogP contribution in [-0.4, -0.2) is 28.4 Å². The number of H-pyrrole nitrogens is 1. The lowest BCUT2D eigenvalue weighted by atomic mass is 9.94. The van der Waals surface area contributed by atoms with Gasteiger partial charge in [0.15, 0.2) is 0 Å². The molecule has 1 saturated heterocycles. The van der Waals surface area contributed by atoms with Gasteiger partial charge in [-0.1, -0.05) is 50.2 Å². The number of fused-ring (bicyclic) bond motifs is 1. The predicted molar refractivity (Wildman–Crippen MR) is 146 cm³/mol. The normalized spacial score (nSPS) is 17.2. The number of amides is 1. The fraction of sp³-hybridized carbons (Fsp3) is 0.226. The summed E-state index contributed by atoms with van der Waals surface area (Å²) in [6.45, 7) is 8.53. The van der Waals surface area contributed by atoms with Gasteiger partial charge in [-0.15, -0.1) is 0 Å². The van der Waals surface area contributed by atoms with Crippen molar-refractivity contribution in [3.8, 4) is 5.75 Å². The van der Waals surface area contributed by atoms with Crippen LogP contribution in [-0.2, 0) is 9.59 Å². The number of nitrogens with one attached hydrogen (secondary N) is 1. The fourth-order valence-electron chi connectivity index (χ4n) is 4.90. The molecule has 6 heteroatoms. The van der Waals surface area contributed by atoms with E-state index in [0.29, 0.717) is 23.8 Å². The minimum absolute atomic E-state index is 0.0632. The zero-order chi connectivity index (χ0) is 26.3. The number of carbonyl (C=O) groups excluding carboxylic acids is 2. The standard InChI is InChI=1S/C31H30N2O4/c1-18(2)17-37-26-14-13-21(15-20(26)4)29(34)27-28(23-16-32-24-11-7-6-10-22(23)24)33(31(36)30(27)35)25-12-8-5-9-19(25)3/h5-16,18,28,32,34H,17H2,1-4H3/b29-27+. The largest absolute Gasteiger partial charge is 0.507 e. The third-order valence-electron chi connectivity index (χ3n) is 6.76. The summed E-state index contributed by atoms with van der Waals surface area (Å²) in [5.74, 6) is -0.489. The highest BCUT2D eigenvalue weighted by atomic mass is 16.5. The number of para-hydroxylation sites is 2. The molecule has 37 heavy (non-hydrogen) atoms. The molecule has 1 fully saturated rings. The quantitative estimate of drug-likeness (QED) is 0.183. The van der Waals surface area contributed by atoms with E-state index in [1.54, 1.807) is 18.2 Å². The van der Waals surface area contributed by atoms with Gasteiger partial charge in [-0.25, -0.2) is 0 Å². The number of anilines is 1. The third-order valence-corrected chi connectivity index (χ3v) is 6.76. The summed E-state index contributed by atoms with van der Waals surface area (Å²) in [6.07, 6.45) is 1.81. The van der Waals surface area contributed by atoms with Crippen LogP contribution in [0, 0.1) is 19.8 Å². The molecule has 1 aliphatic heterocycles. The molecule has 2 N–H and O–H groups in total. The lowest BCUT2D eigenvalue weighted by Crippen LogP contribution is -2.30. The van der Waals surface area contributed by atoms with E-state index in [1.807, 2.05) is 68.6 Å². The first-order valence-corrected chi connectivity index (χ1v) is 12.4. The van der Waals surface area contributed by atoms with Gasteiger partial charge >= 0.3 is 0 Å². The number of aromatic nitrogens is 1. The van der Waals surface area contributed by atoms with E-state index in [1.165, 1.54) is 4.90 Å². The number of ether oxygens (including phenoxy) is 1. The van der Waals surface area contributed by atoms with Crippen LogP contribution in [0.15, 0.2) is 78.5 Å². The molecular formula is C31H30N2O4. The van der Waals surface area contributed by atoms with E-state index in [2.05, 4.69) is 18.8 Å². The second-order valence-electron chi connectivity index (χ2n) is 9.93. The van der Waals surface area contributed by atoms with Crippen LogP contribution in [0.3, 0.4) is 0 Å². The molecule has 0 bridgehead atoms. The van der Waals surface area contributed by atoms with Gasteiger partial charge in [0.2, 0.25) is 0 Å². The van der Waals surface area contributed by atoms with Crippen LogP contribution < -0.4 is 9.64 Å². The van der Waals surface area contributed by atoms with Crippen LogP contribution >= 0.6 is 0 Å². The summed E-state index contributed by atoms with van der Waals surface area (Å²) in [5.41, 5.74) is 4.48. The molecular weight excluding hydrogens is 464 g/mol. The van der Waals surface area contributed by atoms with Crippen molar-refractivity contribution < 1.29 is 19.4 Å². The van der Waals surface area contributed by atoms with Crippen LogP contribution in [0.4, 0.5) is 5.69 Å². The maximum atomic E-state index is 13.5. The molecule has 188 valence electrons. The molecule has 0 spiro atoms. The maximum Gasteiger partial charge on any atom is 0.300 e. The van der Waals surface area contributed by atoms with Gasteiger partial charge in [-0.05, 0) is 61.2 Å². The molecule has 6 nitrogen and oxygen atoms in total. The SMILES string of the molecule is Cc1cc(/C(O)=C2\C(=O)C(=O)N(c3ccccc3C)C2c2c[nH]c3ccccc23)ccc1OCC(C)C. The number of carbonyl (C=O) groups is 2. The van der Waals surface area contributed by atoms with Gasteiger partial charge in [0.05, 0.1) is 18.2 Å². The Morgan fingerprint density at radius 2 is 1.73 bits per heavy atom. The highest BCUT2D eigenvalue weighted by Gasteiger charge is 2.48. The van der Waals surface area contributed by atoms with Crippen LogP contribution in [0.5, 0.6) is 5.75 Å². The number of nitrogens with zero attached hydrogens (tertiary/aromatic N) is 1. The summed E-state index contributed by atoms with van der Waals surface area (Å²) in [4.78, 5) is 31.8. The van der Waals surface area contributed by atoms with E-state index in [4.69, 9.17) is 4.74 Å². The summed E-state index contributed by atoms with van der Waals surface area (Å²) in [6, 6.07) is 19.7. The predicted octanol–water partition coefficient (Wildman–Crippen LogP) is 6.45. The number of benzene rings is 3. The number of hydrogen-bond acceptors (Lipinski definition) is 4. The fourth-order valence-corrected chi connectivity index (χ4v) is 4.90. The second kappa shape index (κ2) is 9.62. The Hall–Kier alpha value is -4.32. The number of aliphatic hydroxyl groups excluding tert-OH is 1. The molecule has 0 aliphatic carbocycles. The van der Waals surface area contributed by atoms with Crippen molar-refractivity contribution in [2.45, 2.75) is 33.7 Å². The molecule has 4 aromatic rings. The molecule has 0 saturated carbocycles. The molecule has 3 aromatic carbocycles. The van der Waals surface area contributed by atoms with Crippen molar-refractivity contribution in [1.82, 2.24) is 4.98 Å². The highest BCUT2D eigenvalue weighted by Crippen LogP contribution is 2.45. The topological polar surface area (TPSA) is 82.6 Å². The van der Waals surface area contributed by atoms with Crippen molar-refractivity contribution in [3.63, 3.8) is 0 Å². The third kappa shape index (κ3) is 4.29. The van der Waals surface area contributed by atoms with Crippen LogP contribution in [0.2, 0.25) is 0 Å². The van der Waals surface area contributed by atoms with E-state index in [-0.39, 0.29) is 11.3 Å². The monoisotopic (exact) mass is 494 g/mol. The van der Waals surface area contributed by atoms with Crippen molar-refractivity contribution in [2.24, 2.45) is 5.92 Å². The van der Waals surface area contributed by atoms with E-state index in [9.17, 15) is 14.7 Å². The maximum absolute atomic E-state index is 13.5. The Bertz CT molecular complexity index is 1550. The summed E-state index contributed by atoms with van der Waals surface area (Å²) in [7, 11) is 0. The number of rotatable bonds is 6. The number of hydrogen-bond donors (Lipinski definition) is 2. The molecule has 1 aliphatic rings. The minimum Gasteiger partial charge on any atom is -0.507 e. The zero-order valence-corrected chi connectivity index (χ0v) is 21.4. The van der Waals surface area contributed by atoms with Gasteiger partial charge in [-0.3, -0.25) is 14.5 Å². The summed E-state index contributed by atoms with van der Waals surface area (Å²) < 4.78 is 5.88. The number of aliphatic hydroxyl groups is 1. The first-order valence-electron chi connectivity index (χ1n) is 12.4. The molecule has 2 heterocycles. The average Bonchev–Trinajstić information content (AvgIpc) is 3.41. The number of ketones is 1. The lowest BCUT2D eigenvalue weighted by Gasteiger charge is -2.26. The Morgan fingerprint density at radius 1 is 1.00 bits per heavy atom. The number of Topliss-reactive ketones (excluding diaryl/α,β-unsaturated/α-hetero) is 1. The van der Waals surface area contributed by atoms with Crippen LogP contribution in [0.1, 0.15) is 42.1 Å². The first-order chi connectivity index (χ1) is 17.8. The van der Waals surface area contributed by atoms with Gasteiger partial charge in [0.25, 0.3) is 11.7 Å². The van der Waals surface area contributed by atoms with Gasteiger partial charge in [-0.2, -0.15) is 0 Å². The smallest absolute Gasteiger partial charge is 0.300 e. The van der Waals surface area contributed by atoms with Crippen molar-refractivity contribution in [3.05, 3.63) is 101 Å². The van der Waals surface area contributed by atoms with Crippen LogP contribution in [0.25, 0.3) is 16.7 Å². The van der Waals surface area contributed by atoms with Crippen molar-refractivity contribution in [1.29, 1.82) is 0 Å². The summed E-state index contributed by atoms with van der Waals surface area (Å²) in [5, 5.41) is 12.4. The molecule has 1 atom stereocenters. The lowest BCUT2D eigenvalue weighted by molar-refractivity contribution is -0.132. The van der Waals surface area contributed by atoms with Crippen molar-refractivity contribution >= 4 is 34.0 Å². The van der Waals surface area contributed by atoms with Gasteiger partial charge in [0.1, 0.15) is 11.5 Å². The Kier molecular flexibility index (Phi) is 6.34. The molecule has 1 amide bonds. The Balaban J connectivity index is 1.69. The number of aromatic amines is 1. The van der Waals surface area contributed by atoms with Crippen molar-refractivity contribution in [2.75, 3.05) is 11.5 Å². The Morgan fingerprint density at radius 3 is 2.46 bits per heavy atom. The average molecular weight is 495 g/mol. The van der Waals surface area contributed by atoms with E-state index < -0.39 is 17.7 Å². The van der Waals surface area contributed by atoms with Gasteiger partial charge in [0, 0.05) is 33.9 Å². The molecule has 5 rings (SSSR count). The summed E-state index contributed by atoms with van der Waals surface area (Å²) >= 11 is 0. The molecule has 1 unspecified atom stereocenters. The molecule has 1 aromatic heterocycles. The minimum atomic E-state index is -0.797. The van der Waals surface area contributed by atoms with E-state index in [0.717, 1.165) is 33.3 Å². The zero-order valence-electron chi connectivity index (χ0n) is 21.4. The van der Waals surface area contributed by atoms with E-state index >= 15 is 0 Å². The highest BCUT2D eigenvalue weighted by molar-refractivity contribution is 6.52.